The van der Waals surface area contributed by atoms with E-state index in [1.54, 1.807) is 0 Å². The molecule has 78 valence electrons. The highest BCUT2D eigenvalue weighted by Crippen LogP contribution is 2.41. The van der Waals surface area contributed by atoms with Crippen molar-refractivity contribution in [2.45, 2.75) is 50.9 Å². The molecule has 0 nitrogen and oxygen atoms in total. The lowest BCUT2D eigenvalue weighted by Gasteiger charge is -2.34. The van der Waals surface area contributed by atoms with Crippen molar-refractivity contribution in [1.82, 2.24) is 0 Å². The number of halogens is 4. The fraction of sp³-hybridized carbons (Fsp3) is 1.00. The Kier molecular flexibility index (Phi) is 3.19. The third-order valence-electron chi connectivity index (χ3n) is 2.61. The second-order valence-corrected chi connectivity index (χ2v) is 3.74. The van der Waals surface area contributed by atoms with E-state index in [1.807, 2.05) is 6.92 Å². The maximum atomic E-state index is 12.8. The summed E-state index contributed by atoms with van der Waals surface area (Å²) in [5.41, 5.74) is 0. The van der Waals surface area contributed by atoms with Crippen molar-refractivity contribution in [2.75, 3.05) is 0 Å². The van der Waals surface area contributed by atoms with E-state index in [0.717, 1.165) is 6.42 Å². The predicted octanol–water partition coefficient (Wildman–Crippen LogP) is 3.51. The monoisotopic (exact) mass is 198 g/mol. The van der Waals surface area contributed by atoms with Gasteiger partial charge in [-0.2, -0.15) is 0 Å². The molecule has 1 fully saturated rings. The Morgan fingerprint density at radius 1 is 1.15 bits per heavy atom. The molecule has 0 N–H and O–H groups in total. The molecule has 1 saturated carbocycles. The minimum absolute atomic E-state index is 0.193. The van der Waals surface area contributed by atoms with E-state index < -0.39 is 18.3 Å². The number of hydrogen-bond acceptors (Lipinski definition) is 0. The zero-order valence-corrected chi connectivity index (χ0v) is 7.57. The van der Waals surface area contributed by atoms with E-state index in [0.29, 0.717) is 6.42 Å². The molecule has 2 unspecified atom stereocenters. The van der Waals surface area contributed by atoms with Crippen LogP contribution in [0.25, 0.3) is 0 Å². The Bertz CT molecular complexity index is 155. The zero-order chi connectivity index (χ0) is 10.1. The van der Waals surface area contributed by atoms with Gasteiger partial charge in [-0.05, 0) is 18.8 Å². The number of alkyl halides is 4. The van der Waals surface area contributed by atoms with Gasteiger partial charge in [0.1, 0.15) is 0 Å². The SMILES string of the molecule is CCCC1CC(F)C(F)(F)C(F)C1. The van der Waals surface area contributed by atoms with Crippen LogP contribution >= 0.6 is 0 Å². The highest BCUT2D eigenvalue weighted by molar-refractivity contribution is 4.92. The minimum atomic E-state index is -3.76. The van der Waals surface area contributed by atoms with Gasteiger partial charge in [0.25, 0.3) is 0 Å². The molecule has 2 atom stereocenters. The van der Waals surface area contributed by atoms with E-state index in [9.17, 15) is 17.6 Å². The number of hydrogen-bond donors (Lipinski definition) is 0. The summed E-state index contributed by atoms with van der Waals surface area (Å²) in [6, 6.07) is 0. The summed E-state index contributed by atoms with van der Waals surface area (Å²) >= 11 is 0. The van der Waals surface area contributed by atoms with Gasteiger partial charge in [-0.3, -0.25) is 0 Å². The van der Waals surface area contributed by atoms with Gasteiger partial charge >= 0.3 is 5.92 Å². The molecule has 0 heterocycles. The number of rotatable bonds is 2. The molecule has 4 heteroatoms. The first-order valence-electron chi connectivity index (χ1n) is 4.64. The van der Waals surface area contributed by atoms with Crippen LogP contribution in [0, 0.1) is 5.92 Å². The first-order chi connectivity index (χ1) is 5.98. The molecule has 0 aliphatic heterocycles. The molecule has 1 aliphatic rings. The van der Waals surface area contributed by atoms with Gasteiger partial charge in [-0.1, -0.05) is 19.8 Å². The third-order valence-corrected chi connectivity index (χ3v) is 2.61. The second kappa shape index (κ2) is 3.84. The molecule has 0 aromatic rings. The second-order valence-electron chi connectivity index (χ2n) is 3.74. The van der Waals surface area contributed by atoms with Gasteiger partial charge in [0, 0.05) is 0 Å². The fourth-order valence-electron chi connectivity index (χ4n) is 1.84. The Morgan fingerprint density at radius 3 is 2.00 bits per heavy atom. The van der Waals surface area contributed by atoms with E-state index in [4.69, 9.17) is 0 Å². The van der Waals surface area contributed by atoms with Crippen LogP contribution in [0.2, 0.25) is 0 Å². The lowest BCUT2D eigenvalue weighted by molar-refractivity contribution is -0.158. The molecule has 0 radical (unpaired) electrons. The maximum absolute atomic E-state index is 12.8. The van der Waals surface area contributed by atoms with Crippen LogP contribution in [-0.4, -0.2) is 18.3 Å². The fourth-order valence-corrected chi connectivity index (χ4v) is 1.84. The summed E-state index contributed by atoms with van der Waals surface area (Å²) in [7, 11) is 0. The quantitative estimate of drug-likeness (QED) is 0.595. The summed E-state index contributed by atoms with van der Waals surface area (Å²) in [6.07, 6.45) is -3.56. The van der Waals surface area contributed by atoms with Gasteiger partial charge in [-0.25, -0.2) is 17.6 Å². The van der Waals surface area contributed by atoms with Crippen LogP contribution in [0.4, 0.5) is 17.6 Å². The molecular formula is C9H14F4. The first kappa shape index (κ1) is 10.8. The van der Waals surface area contributed by atoms with Gasteiger partial charge in [-0.15, -0.1) is 0 Å². The van der Waals surface area contributed by atoms with E-state index >= 15 is 0 Å². The third kappa shape index (κ3) is 2.15. The summed E-state index contributed by atoms with van der Waals surface area (Å²) in [6.45, 7) is 1.88. The van der Waals surface area contributed by atoms with Crippen LogP contribution in [0.3, 0.4) is 0 Å². The summed E-state index contributed by atoms with van der Waals surface area (Å²) in [5.74, 6) is -3.97. The smallest absolute Gasteiger partial charge is 0.241 e. The van der Waals surface area contributed by atoms with Crippen molar-refractivity contribution >= 4 is 0 Å². The van der Waals surface area contributed by atoms with Crippen molar-refractivity contribution < 1.29 is 17.6 Å². The molecule has 13 heavy (non-hydrogen) atoms. The van der Waals surface area contributed by atoms with Crippen LogP contribution in [0.15, 0.2) is 0 Å². The van der Waals surface area contributed by atoms with Crippen LogP contribution in [0.5, 0.6) is 0 Å². The van der Waals surface area contributed by atoms with Crippen LogP contribution < -0.4 is 0 Å². The standard InChI is InChI=1S/C9H14F4/c1-2-3-6-4-7(10)9(12,13)8(11)5-6/h6-8H,2-5H2,1H3. The highest BCUT2D eigenvalue weighted by atomic mass is 19.3. The summed E-state index contributed by atoms with van der Waals surface area (Å²) in [4.78, 5) is 0. The van der Waals surface area contributed by atoms with Crippen molar-refractivity contribution in [3.8, 4) is 0 Å². The lowest BCUT2D eigenvalue weighted by atomic mass is 9.82. The first-order valence-corrected chi connectivity index (χ1v) is 4.64. The molecule has 1 aliphatic carbocycles. The van der Waals surface area contributed by atoms with Crippen LogP contribution in [0.1, 0.15) is 32.6 Å². The average molecular weight is 198 g/mol. The van der Waals surface area contributed by atoms with Crippen molar-refractivity contribution in [3.05, 3.63) is 0 Å². The Labute approximate surface area is 75.3 Å². The van der Waals surface area contributed by atoms with Crippen LogP contribution in [-0.2, 0) is 0 Å². The van der Waals surface area contributed by atoms with Crippen molar-refractivity contribution in [1.29, 1.82) is 0 Å². The topological polar surface area (TPSA) is 0 Å². The van der Waals surface area contributed by atoms with Gasteiger partial charge < -0.3 is 0 Å². The Balaban J connectivity index is 2.57. The minimum Gasteiger partial charge on any atom is -0.241 e. The van der Waals surface area contributed by atoms with Gasteiger partial charge in [0.2, 0.25) is 0 Å². The highest BCUT2D eigenvalue weighted by Gasteiger charge is 2.53. The zero-order valence-electron chi connectivity index (χ0n) is 7.57. The van der Waals surface area contributed by atoms with E-state index in [1.165, 1.54) is 0 Å². The summed E-state index contributed by atoms with van der Waals surface area (Å²) in [5, 5.41) is 0. The van der Waals surface area contributed by atoms with E-state index in [2.05, 4.69) is 0 Å². The average Bonchev–Trinajstić information content (AvgIpc) is 2.02. The molecule has 1 rings (SSSR count). The normalized spacial score (nSPS) is 39.0. The molecule has 0 spiro atoms. The molecular weight excluding hydrogens is 184 g/mol. The largest absolute Gasteiger partial charge is 0.309 e. The van der Waals surface area contributed by atoms with E-state index in [-0.39, 0.29) is 18.8 Å². The molecule has 0 aromatic heterocycles. The Hall–Kier alpha value is -0.280. The van der Waals surface area contributed by atoms with Crippen molar-refractivity contribution in [3.63, 3.8) is 0 Å². The molecule has 0 amide bonds. The van der Waals surface area contributed by atoms with Gasteiger partial charge in [0.05, 0.1) is 0 Å². The predicted molar refractivity (Wildman–Crippen MR) is 42.4 cm³/mol. The summed E-state index contributed by atoms with van der Waals surface area (Å²) < 4.78 is 50.9. The molecule has 0 saturated heterocycles. The van der Waals surface area contributed by atoms with Gasteiger partial charge in [0.15, 0.2) is 12.3 Å². The molecule has 0 aromatic carbocycles. The Morgan fingerprint density at radius 2 is 1.62 bits per heavy atom. The van der Waals surface area contributed by atoms with Crippen molar-refractivity contribution in [2.24, 2.45) is 5.92 Å². The maximum Gasteiger partial charge on any atom is 0.309 e. The lowest BCUT2D eigenvalue weighted by Crippen LogP contribution is -2.46. The molecule has 0 bridgehead atoms.